The lowest BCUT2D eigenvalue weighted by Gasteiger charge is -1.96. The highest BCUT2D eigenvalue weighted by Gasteiger charge is 2.31. The molecule has 0 atom stereocenters. The third-order valence-corrected chi connectivity index (χ3v) is 2.49. The number of rotatable bonds is 3. The van der Waals surface area contributed by atoms with Gasteiger partial charge < -0.3 is 4.84 Å². The van der Waals surface area contributed by atoms with Crippen LogP contribution in [0.1, 0.15) is 18.4 Å². The van der Waals surface area contributed by atoms with E-state index in [2.05, 4.69) is 9.99 Å². The highest BCUT2D eigenvalue weighted by molar-refractivity contribution is 6.31. The van der Waals surface area contributed by atoms with Crippen molar-refractivity contribution >= 4 is 23.8 Å². The van der Waals surface area contributed by atoms with Gasteiger partial charge in [-0.25, -0.2) is 9.18 Å². The van der Waals surface area contributed by atoms with Crippen LogP contribution < -0.4 is 0 Å². The van der Waals surface area contributed by atoms with Crippen molar-refractivity contribution in [1.29, 1.82) is 0 Å². The smallest absolute Gasteiger partial charge is 0.318 e. The fraction of sp³-hybridized carbons (Fsp3) is 0.273. The minimum atomic E-state index is -0.492. The average molecular weight is 242 g/mol. The van der Waals surface area contributed by atoms with Crippen molar-refractivity contribution < 1.29 is 14.0 Å². The van der Waals surface area contributed by atoms with Gasteiger partial charge in [-0.1, -0.05) is 22.8 Å². The predicted octanol–water partition coefficient (Wildman–Crippen LogP) is 2.77. The van der Waals surface area contributed by atoms with Gasteiger partial charge in [0, 0.05) is 0 Å². The van der Waals surface area contributed by atoms with E-state index >= 15 is 0 Å². The van der Waals surface area contributed by atoms with Gasteiger partial charge in [0.25, 0.3) is 0 Å². The molecule has 0 N–H and O–H groups in total. The number of halogens is 2. The predicted molar refractivity (Wildman–Crippen MR) is 57.8 cm³/mol. The molecule has 0 aliphatic heterocycles. The second kappa shape index (κ2) is 4.61. The molecular formula is C11H9ClFNO2. The van der Waals surface area contributed by atoms with Crippen LogP contribution in [0.3, 0.4) is 0 Å². The van der Waals surface area contributed by atoms with Crippen LogP contribution in [-0.4, -0.2) is 12.2 Å². The molecule has 0 amide bonds. The highest BCUT2D eigenvalue weighted by atomic mass is 35.5. The second-order valence-corrected chi connectivity index (χ2v) is 4.00. The van der Waals surface area contributed by atoms with E-state index in [0.29, 0.717) is 5.56 Å². The number of oxime groups is 1. The van der Waals surface area contributed by atoms with Crippen molar-refractivity contribution in [1.82, 2.24) is 0 Å². The molecule has 1 aliphatic rings. The third-order valence-electron chi connectivity index (χ3n) is 2.20. The van der Waals surface area contributed by atoms with Crippen molar-refractivity contribution in [2.24, 2.45) is 11.1 Å². The molecule has 1 aromatic rings. The van der Waals surface area contributed by atoms with Gasteiger partial charge in [0.15, 0.2) is 0 Å². The summed E-state index contributed by atoms with van der Waals surface area (Å²) in [6.45, 7) is 0. The summed E-state index contributed by atoms with van der Waals surface area (Å²) < 4.78 is 12.8. The average Bonchev–Trinajstić information content (AvgIpc) is 3.07. The van der Waals surface area contributed by atoms with Crippen LogP contribution in [0.4, 0.5) is 4.39 Å². The van der Waals surface area contributed by atoms with E-state index in [1.54, 1.807) is 0 Å². The summed E-state index contributed by atoms with van der Waals surface area (Å²) in [5.41, 5.74) is 0.579. The quantitative estimate of drug-likeness (QED) is 0.464. The lowest BCUT2D eigenvalue weighted by atomic mass is 10.2. The van der Waals surface area contributed by atoms with Gasteiger partial charge in [-0.3, -0.25) is 0 Å². The third kappa shape index (κ3) is 2.79. The minimum absolute atomic E-state index is 0.00829. The highest BCUT2D eigenvalue weighted by Crippen LogP contribution is 2.30. The van der Waals surface area contributed by atoms with E-state index < -0.39 is 5.82 Å². The van der Waals surface area contributed by atoms with Crippen molar-refractivity contribution in [2.45, 2.75) is 12.8 Å². The summed E-state index contributed by atoms with van der Waals surface area (Å²) >= 11 is 5.57. The molecule has 2 rings (SSSR count). The van der Waals surface area contributed by atoms with E-state index in [-0.39, 0.29) is 16.9 Å². The van der Waals surface area contributed by atoms with Gasteiger partial charge in [-0.2, -0.15) is 0 Å². The maximum atomic E-state index is 12.8. The van der Waals surface area contributed by atoms with E-state index in [9.17, 15) is 9.18 Å². The molecule has 16 heavy (non-hydrogen) atoms. The first-order valence-electron chi connectivity index (χ1n) is 4.86. The first kappa shape index (κ1) is 11.1. The van der Waals surface area contributed by atoms with Gasteiger partial charge in [0.1, 0.15) is 5.82 Å². The Labute approximate surface area is 96.8 Å². The normalized spacial score (nSPS) is 15.4. The van der Waals surface area contributed by atoms with Crippen LogP contribution >= 0.6 is 11.6 Å². The zero-order valence-electron chi connectivity index (χ0n) is 8.32. The van der Waals surface area contributed by atoms with Crippen molar-refractivity contribution in [3.05, 3.63) is 34.6 Å². The van der Waals surface area contributed by atoms with E-state index in [1.165, 1.54) is 24.4 Å². The Balaban J connectivity index is 1.94. The van der Waals surface area contributed by atoms with Gasteiger partial charge >= 0.3 is 5.97 Å². The standard InChI is InChI=1S/C11H9ClFNO2/c12-9-5-7(1-4-10(9)13)6-14-16-11(15)8-2-3-8/h1,4-6,8H,2-3H2/b14-6+. The summed E-state index contributed by atoms with van der Waals surface area (Å²) in [6.07, 6.45) is 3.07. The van der Waals surface area contributed by atoms with Crippen LogP contribution in [0, 0.1) is 11.7 Å². The number of benzene rings is 1. The Bertz CT molecular complexity index is 444. The summed E-state index contributed by atoms with van der Waals surface area (Å²) in [5, 5.41) is 3.53. The van der Waals surface area contributed by atoms with Crippen LogP contribution in [0.25, 0.3) is 0 Å². The molecular weight excluding hydrogens is 233 g/mol. The zero-order valence-corrected chi connectivity index (χ0v) is 9.08. The maximum Gasteiger partial charge on any atom is 0.338 e. The Kier molecular flexibility index (Phi) is 3.19. The number of hydrogen-bond donors (Lipinski definition) is 0. The molecule has 1 fully saturated rings. The molecule has 3 nitrogen and oxygen atoms in total. The molecule has 0 heterocycles. The summed E-state index contributed by atoms with van der Waals surface area (Å²) in [4.78, 5) is 15.7. The zero-order chi connectivity index (χ0) is 11.5. The van der Waals surface area contributed by atoms with Gasteiger partial charge in [0.05, 0.1) is 17.2 Å². The Hall–Kier alpha value is -1.42. The molecule has 0 aromatic heterocycles. The molecule has 0 bridgehead atoms. The molecule has 0 spiro atoms. The molecule has 84 valence electrons. The molecule has 1 saturated carbocycles. The SMILES string of the molecule is O=C(O/N=C/c1ccc(F)c(Cl)c1)C1CC1. The number of carbonyl (C=O) groups is 1. The van der Waals surface area contributed by atoms with Gasteiger partial charge in [-0.05, 0) is 30.5 Å². The van der Waals surface area contributed by atoms with Crippen molar-refractivity contribution in [3.63, 3.8) is 0 Å². The van der Waals surface area contributed by atoms with Crippen LogP contribution in [0.2, 0.25) is 5.02 Å². The lowest BCUT2D eigenvalue weighted by molar-refractivity contribution is -0.145. The minimum Gasteiger partial charge on any atom is -0.318 e. The number of nitrogens with zero attached hydrogens (tertiary/aromatic N) is 1. The largest absolute Gasteiger partial charge is 0.338 e. The first-order chi connectivity index (χ1) is 7.66. The number of hydrogen-bond acceptors (Lipinski definition) is 3. The first-order valence-corrected chi connectivity index (χ1v) is 5.24. The molecule has 1 aromatic carbocycles. The van der Waals surface area contributed by atoms with E-state index in [1.807, 2.05) is 0 Å². The molecule has 1 aliphatic carbocycles. The van der Waals surface area contributed by atoms with Crippen molar-refractivity contribution in [3.8, 4) is 0 Å². The van der Waals surface area contributed by atoms with E-state index in [0.717, 1.165) is 12.8 Å². The Morgan fingerprint density at radius 2 is 2.31 bits per heavy atom. The topological polar surface area (TPSA) is 38.7 Å². The number of carbonyl (C=O) groups excluding carboxylic acids is 1. The molecule has 5 heteroatoms. The van der Waals surface area contributed by atoms with Crippen LogP contribution in [-0.2, 0) is 9.63 Å². The van der Waals surface area contributed by atoms with Crippen LogP contribution in [0.15, 0.2) is 23.4 Å². The Morgan fingerprint density at radius 3 is 2.94 bits per heavy atom. The summed E-state index contributed by atoms with van der Waals surface area (Å²) in [6, 6.07) is 4.13. The maximum absolute atomic E-state index is 12.8. The van der Waals surface area contributed by atoms with Crippen molar-refractivity contribution in [2.75, 3.05) is 0 Å². The fourth-order valence-electron chi connectivity index (χ4n) is 1.13. The Morgan fingerprint density at radius 1 is 1.56 bits per heavy atom. The lowest BCUT2D eigenvalue weighted by Crippen LogP contribution is -2.01. The molecule has 0 radical (unpaired) electrons. The van der Waals surface area contributed by atoms with Gasteiger partial charge in [-0.15, -0.1) is 0 Å². The van der Waals surface area contributed by atoms with E-state index in [4.69, 9.17) is 11.6 Å². The fourth-order valence-corrected chi connectivity index (χ4v) is 1.31. The van der Waals surface area contributed by atoms with Crippen LogP contribution in [0.5, 0.6) is 0 Å². The second-order valence-electron chi connectivity index (χ2n) is 3.59. The molecule has 0 saturated heterocycles. The van der Waals surface area contributed by atoms with Gasteiger partial charge in [0.2, 0.25) is 0 Å². The molecule has 0 unspecified atom stereocenters. The summed E-state index contributed by atoms with van der Waals surface area (Å²) in [7, 11) is 0. The monoisotopic (exact) mass is 241 g/mol. The summed E-state index contributed by atoms with van der Waals surface area (Å²) in [5.74, 6) is -0.799.